The molecule has 3 rings (SSSR count). The number of carbonyl (C=O) groups excluding carboxylic acids is 3. The Morgan fingerprint density at radius 3 is 2.71 bits per heavy atom. The molecule has 6 nitrogen and oxygen atoms in total. The Morgan fingerprint density at radius 1 is 1.25 bits per heavy atom. The van der Waals surface area contributed by atoms with Gasteiger partial charge in [0, 0.05) is 12.5 Å². The van der Waals surface area contributed by atoms with Gasteiger partial charge in [-0.05, 0) is 31.4 Å². The van der Waals surface area contributed by atoms with E-state index < -0.39 is 24.1 Å². The van der Waals surface area contributed by atoms with E-state index in [1.807, 2.05) is 0 Å². The van der Waals surface area contributed by atoms with E-state index in [-0.39, 0.29) is 18.4 Å². The fraction of sp³-hybridized carbons (Fsp3) is 0.500. The lowest BCUT2D eigenvalue weighted by Crippen LogP contribution is -2.43. The van der Waals surface area contributed by atoms with Gasteiger partial charge in [0.2, 0.25) is 6.10 Å². The first-order valence-corrected chi connectivity index (χ1v) is 8.34. The smallest absolute Gasteiger partial charge is 0.348 e. The average molecular weight is 331 g/mol. The summed E-state index contributed by atoms with van der Waals surface area (Å²) in [6.07, 6.45) is 2.49. The summed E-state index contributed by atoms with van der Waals surface area (Å²) < 4.78 is 10.3. The SMILES string of the molecule is CC(OC(=O)C1Cc2ccccc2C(=O)O1)C(=O)NC1CCCC1. The number of hydrogen-bond acceptors (Lipinski definition) is 5. The van der Waals surface area contributed by atoms with Gasteiger partial charge in [-0.2, -0.15) is 0 Å². The molecule has 2 aliphatic rings. The van der Waals surface area contributed by atoms with Crippen molar-refractivity contribution in [3.63, 3.8) is 0 Å². The Bertz CT molecular complexity index is 651. The molecule has 1 fully saturated rings. The molecular weight excluding hydrogens is 310 g/mol. The number of amides is 1. The van der Waals surface area contributed by atoms with Crippen LogP contribution in [0.1, 0.15) is 48.5 Å². The van der Waals surface area contributed by atoms with Crippen LogP contribution in [0.3, 0.4) is 0 Å². The number of hydrogen-bond donors (Lipinski definition) is 1. The van der Waals surface area contributed by atoms with Crippen LogP contribution in [0, 0.1) is 0 Å². The lowest BCUT2D eigenvalue weighted by molar-refractivity contribution is -0.163. The number of ether oxygens (including phenoxy) is 2. The highest BCUT2D eigenvalue weighted by Crippen LogP contribution is 2.22. The van der Waals surface area contributed by atoms with Crippen LogP contribution in [0.4, 0.5) is 0 Å². The molecule has 128 valence electrons. The third-order valence-electron chi connectivity index (χ3n) is 4.52. The van der Waals surface area contributed by atoms with Crippen molar-refractivity contribution in [2.24, 2.45) is 0 Å². The zero-order chi connectivity index (χ0) is 17.1. The minimum Gasteiger partial charge on any atom is -0.450 e. The molecule has 2 unspecified atom stereocenters. The van der Waals surface area contributed by atoms with Gasteiger partial charge in [-0.25, -0.2) is 9.59 Å². The minimum absolute atomic E-state index is 0.165. The number of benzene rings is 1. The number of rotatable bonds is 4. The molecule has 2 atom stereocenters. The first-order chi connectivity index (χ1) is 11.5. The normalized spacial score (nSPS) is 21.5. The van der Waals surface area contributed by atoms with Crippen molar-refractivity contribution in [2.75, 3.05) is 0 Å². The molecule has 1 amide bonds. The van der Waals surface area contributed by atoms with E-state index in [4.69, 9.17) is 9.47 Å². The molecule has 1 aromatic carbocycles. The summed E-state index contributed by atoms with van der Waals surface area (Å²) in [7, 11) is 0. The van der Waals surface area contributed by atoms with Crippen molar-refractivity contribution in [3.8, 4) is 0 Å². The summed E-state index contributed by atoms with van der Waals surface area (Å²) in [5, 5.41) is 2.89. The maximum Gasteiger partial charge on any atom is 0.348 e. The highest BCUT2D eigenvalue weighted by atomic mass is 16.6. The number of fused-ring (bicyclic) bond motifs is 1. The summed E-state index contributed by atoms with van der Waals surface area (Å²) >= 11 is 0. The van der Waals surface area contributed by atoms with Gasteiger partial charge >= 0.3 is 11.9 Å². The van der Waals surface area contributed by atoms with E-state index >= 15 is 0 Å². The molecule has 1 aliphatic carbocycles. The van der Waals surface area contributed by atoms with Gasteiger partial charge in [-0.1, -0.05) is 31.0 Å². The van der Waals surface area contributed by atoms with Crippen molar-refractivity contribution in [1.29, 1.82) is 0 Å². The molecule has 0 saturated heterocycles. The standard InChI is InChI=1S/C18H21NO5/c1-11(16(20)19-13-7-3-4-8-13)23-18(22)15-10-12-6-2-5-9-14(12)17(21)24-15/h2,5-6,9,11,13,15H,3-4,7-8,10H2,1H3,(H,19,20). The second kappa shape index (κ2) is 7.03. The molecule has 1 aromatic rings. The molecule has 0 aromatic heterocycles. The van der Waals surface area contributed by atoms with Gasteiger partial charge in [0.1, 0.15) is 0 Å². The number of cyclic esters (lactones) is 1. The number of nitrogens with one attached hydrogen (secondary N) is 1. The molecule has 0 spiro atoms. The highest BCUT2D eigenvalue weighted by Gasteiger charge is 2.34. The second-order valence-electron chi connectivity index (χ2n) is 6.32. The van der Waals surface area contributed by atoms with Crippen molar-refractivity contribution >= 4 is 17.8 Å². The predicted molar refractivity (Wildman–Crippen MR) is 85.3 cm³/mol. The molecule has 1 N–H and O–H groups in total. The van der Waals surface area contributed by atoms with Crippen LogP contribution >= 0.6 is 0 Å². The van der Waals surface area contributed by atoms with Crippen LogP contribution in [0.2, 0.25) is 0 Å². The highest BCUT2D eigenvalue weighted by molar-refractivity contribution is 5.95. The number of esters is 2. The molecule has 0 radical (unpaired) electrons. The molecule has 1 saturated carbocycles. The molecule has 1 aliphatic heterocycles. The first kappa shape index (κ1) is 16.5. The Balaban J connectivity index is 1.57. The quantitative estimate of drug-likeness (QED) is 0.850. The van der Waals surface area contributed by atoms with Crippen LogP contribution in [-0.4, -0.2) is 36.1 Å². The Labute approximate surface area is 140 Å². The predicted octanol–water partition coefficient (Wildman–Crippen LogP) is 1.76. The zero-order valence-corrected chi connectivity index (χ0v) is 13.6. The van der Waals surface area contributed by atoms with Crippen molar-refractivity contribution in [2.45, 2.75) is 57.3 Å². The van der Waals surface area contributed by atoms with Crippen LogP contribution in [0.5, 0.6) is 0 Å². The maximum atomic E-state index is 12.2. The monoisotopic (exact) mass is 331 g/mol. The van der Waals surface area contributed by atoms with Crippen LogP contribution < -0.4 is 5.32 Å². The topological polar surface area (TPSA) is 81.7 Å². The van der Waals surface area contributed by atoms with Crippen LogP contribution in [0.25, 0.3) is 0 Å². The number of carbonyl (C=O) groups is 3. The third-order valence-corrected chi connectivity index (χ3v) is 4.52. The van der Waals surface area contributed by atoms with Gasteiger partial charge in [-0.3, -0.25) is 4.79 Å². The Kier molecular flexibility index (Phi) is 4.83. The van der Waals surface area contributed by atoms with E-state index in [2.05, 4.69) is 5.32 Å². The summed E-state index contributed by atoms with van der Waals surface area (Å²) in [6, 6.07) is 7.16. The molecule has 1 heterocycles. The lowest BCUT2D eigenvalue weighted by Gasteiger charge is -2.24. The van der Waals surface area contributed by atoms with Gasteiger partial charge < -0.3 is 14.8 Å². The fourth-order valence-corrected chi connectivity index (χ4v) is 3.16. The zero-order valence-electron chi connectivity index (χ0n) is 13.6. The van der Waals surface area contributed by atoms with E-state index in [1.165, 1.54) is 6.92 Å². The van der Waals surface area contributed by atoms with Crippen LogP contribution in [-0.2, 0) is 25.5 Å². The first-order valence-electron chi connectivity index (χ1n) is 8.34. The fourth-order valence-electron chi connectivity index (χ4n) is 3.16. The van der Waals surface area contributed by atoms with Crippen molar-refractivity contribution < 1.29 is 23.9 Å². The summed E-state index contributed by atoms with van der Waals surface area (Å²) in [5.74, 6) is -1.54. The van der Waals surface area contributed by atoms with Crippen molar-refractivity contribution in [3.05, 3.63) is 35.4 Å². The minimum atomic E-state index is -1.01. The average Bonchev–Trinajstić information content (AvgIpc) is 3.07. The van der Waals surface area contributed by atoms with Gasteiger partial charge in [-0.15, -0.1) is 0 Å². The summed E-state index contributed by atoms with van der Waals surface area (Å²) in [6.45, 7) is 1.53. The maximum absolute atomic E-state index is 12.2. The van der Waals surface area contributed by atoms with Gasteiger partial charge in [0.05, 0.1) is 5.56 Å². The lowest BCUT2D eigenvalue weighted by atomic mass is 9.99. The largest absolute Gasteiger partial charge is 0.450 e. The molecular formula is C18H21NO5. The molecule has 0 bridgehead atoms. The Hall–Kier alpha value is -2.37. The van der Waals surface area contributed by atoms with E-state index in [0.29, 0.717) is 5.56 Å². The summed E-state index contributed by atoms with van der Waals surface area (Å²) in [5.41, 5.74) is 1.22. The van der Waals surface area contributed by atoms with E-state index in [9.17, 15) is 14.4 Å². The van der Waals surface area contributed by atoms with E-state index in [1.54, 1.807) is 24.3 Å². The van der Waals surface area contributed by atoms with Crippen LogP contribution in [0.15, 0.2) is 24.3 Å². The van der Waals surface area contributed by atoms with Crippen molar-refractivity contribution in [1.82, 2.24) is 5.32 Å². The van der Waals surface area contributed by atoms with Gasteiger partial charge in [0.25, 0.3) is 5.91 Å². The second-order valence-corrected chi connectivity index (χ2v) is 6.32. The molecule has 6 heteroatoms. The summed E-state index contributed by atoms with van der Waals surface area (Å²) in [4.78, 5) is 36.3. The molecule has 24 heavy (non-hydrogen) atoms. The third kappa shape index (κ3) is 3.58. The van der Waals surface area contributed by atoms with E-state index in [0.717, 1.165) is 31.2 Å². The Morgan fingerprint density at radius 2 is 1.96 bits per heavy atom. The van der Waals surface area contributed by atoms with Gasteiger partial charge in [0.15, 0.2) is 6.10 Å².